The summed E-state index contributed by atoms with van der Waals surface area (Å²) in [5.74, 6) is 0.173. The number of benzene rings is 4. The molecule has 4 aromatic rings. The van der Waals surface area contributed by atoms with Gasteiger partial charge in [-0.1, -0.05) is 23.7 Å². The molecule has 0 bridgehead atoms. The van der Waals surface area contributed by atoms with Gasteiger partial charge in [-0.2, -0.15) is 0 Å². The largest absolute Gasteiger partial charge is 0.508 e. The molecule has 230 valence electrons. The van der Waals surface area contributed by atoms with E-state index in [-0.39, 0.29) is 41.2 Å². The number of halogens is 1. The van der Waals surface area contributed by atoms with Crippen molar-refractivity contribution in [3.8, 4) is 23.0 Å². The number of hydrogen-bond donors (Lipinski definition) is 2. The van der Waals surface area contributed by atoms with Crippen LogP contribution in [0.4, 0.5) is 0 Å². The fraction of sp³-hybridized carbons (Fsp3) is 0.229. The minimum absolute atomic E-state index is 0.0708. The summed E-state index contributed by atoms with van der Waals surface area (Å²) in [4.78, 5) is 36.5. The van der Waals surface area contributed by atoms with Gasteiger partial charge in [0, 0.05) is 28.6 Å². The highest BCUT2D eigenvalue weighted by Gasteiger charge is 2.32. The van der Waals surface area contributed by atoms with Crippen molar-refractivity contribution in [1.29, 1.82) is 0 Å². The molecular weight excluding hydrogens is 584 g/mol. The van der Waals surface area contributed by atoms with E-state index in [2.05, 4.69) is 0 Å². The van der Waals surface area contributed by atoms with Crippen molar-refractivity contribution in [3.63, 3.8) is 0 Å². The number of phenols is 2. The number of rotatable bonds is 10. The molecule has 4 rings (SSSR count). The molecular formula is C35H35ClO8. The lowest BCUT2D eigenvalue weighted by molar-refractivity contribution is -0.163. The van der Waals surface area contributed by atoms with Gasteiger partial charge in [0.1, 0.15) is 23.0 Å². The summed E-state index contributed by atoms with van der Waals surface area (Å²) in [6, 6.07) is 24.5. The Bertz CT molecular complexity index is 1580. The van der Waals surface area contributed by atoms with Gasteiger partial charge in [-0.05, 0) is 106 Å². The number of phenolic OH excluding ortho intramolecular Hbond substituents is 2. The third kappa shape index (κ3) is 9.61. The first kappa shape index (κ1) is 33.7. The van der Waals surface area contributed by atoms with Gasteiger partial charge < -0.3 is 24.4 Å². The van der Waals surface area contributed by atoms with Crippen LogP contribution in [0, 0.1) is 0 Å². The molecule has 0 unspecified atom stereocenters. The lowest BCUT2D eigenvalue weighted by atomic mass is 10.0. The maximum Gasteiger partial charge on any atom is 0.350 e. The Morgan fingerprint density at radius 2 is 1.34 bits per heavy atom. The van der Waals surface area contributed by atoms with Crippen molar-refractivity contribution >= 4 is 29.1 Å². The second-order valence-electron chi connectivity index (χ2n) is 10.6. The maximum absolute atomic E-state index is 12.4. The van der Waals surface area contributed by atoms with Crippen LogP contribution in [-0.4, -0.2) is 46.6 Å². The van der Waals surface area contributed by atoms with E-state index in [1.165, 1.54) is 12.1 Å². The van der Waals surface area contributed by atoms with Gasteiger partial charge in [0.15, 0.2) is 17.2 Å². The minimum Gasteiger partial charge on any atom is -0.508 e. The van der Waals surface area contributed by atoms with Crippen LogP contribution in [0.1, 0.15) is 59.5 Å². The average Bonchev–Trinajstić information content (AvgIpc) is 2.98. The first-order valence-electron chi connectivity index (χ1n) is 13.8. The van der Waals surface area contributed by atoms with E-state index < -0.39 is 11.6 Å². The molecule has 0 atom stereocenters. The third-order valence-corrected chi connectivity index (χ3v) is 6.49. The van der Waals surface area contributed by atoms with Crippen LogP contribution in [0.15, 0.2) is 91.0 Å². The monoisotopic (exact) mass is 618 g/mol. The zero-order valence-electron chi connectivity index (χ0n) is 25.2. The first-order valence-corrected chi connectivity index (χ1v) is 14.2. The van der Waals surface area contributed by atoms with Gasteiger partial charge in [-0.15, -0.1) is 0 Å². The Balaban J connectivity index is 0.000000249. The van der Waals surface area contributed by atoms with E-state index in [1.807, 2.05) is 0 Å². The standard InChI is InChI=1S/C20H21ClO4.C15H14O4/c1-13(2)24-19(23)20(3,4)25-17-11-7-15(8-12-17)18(22)14-5-9-16(21)10-6-14;1-19-12-5-2-10(3-6-12)8-14(17)13-7-4-11(16)9-15(13)18/h5-13H,1-4H3;2-7,9,16,18H,8H2,1H3. The Hall–Kier alpha value is -4.82. The van der Waals surface area contributed by atoms with E-state index in [1.54, 1.807) is 108 Å². The number of methoxy groups -OCH3 is 1. The van der Waals surface area contributed by atoms with Gasteiger partial charge in [-0.3, -0.25) is 9.59 Å². The molecule has 0 aliphatic carbocycles. The molecule has 4 aromatic carbocycles. The Kier molecular flexibility index (Phi) is 11.5. The summed E-state index contributed by atoms with van der Waals surface area (Å²) in [5, 5.41) is 19.4. The highest BCUT2D eigenvalue weighted by Crippen LogP contribution is 2.25. The third-order valence-electron chi connectivity index (χ3n) is 6.24. The van der Waals surface area contributed by atoms with Crippen molar-refractivity contribution in [1.82, 2.24) is 0 Å². The maximum atomic E-state index is 12.4. The van der Waals surface area contributed by atoms with Crippen molar-refractivity contribution in [2.45, 2.75) is 45.8 Å². The summed E-state index contributed by atoms with van der Waals surface area (Å²) >= 11 is 5.84. The van der Waals surface area contributed by atoms with Crippen LogP contribution in [-0.2, 0) is 16.0 Å². The van der Waals surface area contributed by atoms with Gasteiger partial charge in [0.25, 0.3) is 0 Å². The molecule has 0 fully saturated rings. The second kappa shape index (κ2) is 15.1. The van der Waals surface area contributed by atoms with Crippen LogP contribution in [0.3, 0.4) is 0 Å². The number of Topliss-reactive ketones (excluding diaryl/α,β-unsaturated/α-hetero) is 1. The van der Waals surface area contributed by atoms with Crippen molar-refractivity contribution in [3.05, 3.63) is 118 Å². The molecule has 2 N–H and O–H groups in total. The molecule has 0 spiro atoms. The molecule has 9 heteroatoms. The van der Waals surface area contributed by atoms with Gasteiger partial charge in [-0.25, -0.2) is 4.79 Å². The Morgan fingerprint density at radius 3 is 1.86 bits per heavy atom. The van der Waals surface area contributed by atoms with Gasteiger partial charge >= 0.3 is 5.97 Å². The van der Waals surface area contributed by atoms with E-state index in [0.717, 1.165) is 17.4 Å². The highest BCUT2D eigenvalue weighted by molar-refractivity contribution is 6.30. The molecule has 0 heterocycles. The van der Waals surface area contributed by atoms with E-state index in [0.29, 0.717) is 21.9 Å². The van der Waals surface area contributed by atoms with Crippen LogP contribution in [0.25, 0.3) is 0 Å². The lowest BCUT2D eigenvalue weighted by Crippen LogP contribution is -2.40. The predicted molar refractivity (Wildman–Crippen MR) is 168 cm³/mol. The van der Waals surface area contributed by atoms with Crippen molar-refractivity contribution in [2.24, 2.45) is 0 Å². The average molecular weight is 619 g/mol. The first-order chi connectivity index (χ1) is 20.8. The summed E-state index contributed by atoms with van der Waals surface area (Å²) in [6.45, 7) is 6.85. The normalized spacial score (nSPS) is 10.8. The Labute approximate surface area is 261 Å². The molecule has 0 amide bonds. The molecule has 0 aliphatic rings. The highest BCUT2D eigenvalue weighted by atomic mass is 35.5. The number of carbonyl (C=O) groups is 3. The van der Waals surface area contributed by atoms with Crippen molar-refractivity contribution < 1.29 is 38.8 Å². The van der Waals surface area contributed by atoms with Crippen LogP contribution < -0.4 is 9.47 Å². The van der Waals surface area contributed by atoms with E-state index >= 15 is 0 Å². The summed E-state index contributed by atoms with van der Waals surface area (Å²) in [6.07, 6.45) is -0.0303. The minimum atomic E-state index is -1.12. The van der Waals surface area contributed by atoms with Gasteiger partial charge in [0.05, 0.1) is 18.8 Å². The number of aromatic hydroxyl groups is 2. The molecule has 44 heavy (non-hydrogen) atoms. The summed E-state index contributed by atoms with van der Waals surface area (Å²) in [7, 11) is 1.58. The fourth-order valence-electron chi connectivity index (χ4n) is 3.91. The van der Waals surface area contributed by atoms with Crippen LogP contribution in [0.2, 0.25) is 5.02 Å². The van der Waals surface area contributed by atoms with Crippen molar-refractivity contribution in [2.75, 3.05) is 7.11 Å². The number of esters is 1. The Morgan fingerprint density at radius 1 is 0.795 bits per heavy atom. The number of ketones is 2. The molecule has 8 nitrogen and oxygen atoms in total. The van der Waals surface area contributed by atoms with Crippen LogP contribution in [0.5, 0.6) is 23.0 Å². The summed E-state index contributed by atoms with van der Waals surface area (Å²) in [5.41, 5.74) is 0.995. The second-order valence-corrected chi connectivity index (χ2v) is 11.0. The molecule has 0 radical (unpaired) electrons. The molecule has 0 saturated carbocycles. The van der Waals surface area contributed by atoms with E-state index in [9.17, 15) is 24.6 Å². The SMILES string of the molecule is CC(C)OC(=O)C(C)(C)Oc1ccc(C(=O)c2ccc(Cl)cc2)cc1.COc1ccc(CC(=O)c2ccc(O)cc2O)cc1. The quantitative estimate of drug-likeness (QED) is 0.141. The van der Waals surface area contributed by atoms with Crippen LogP contribution >= 0.6 is 11.6 Å². The molecule has 0 aromatic heterocycles. The number of carbonyl (C=O) groups excluding carboxylic acids is 3. The fourth-order valence-corrected chi connectivity index (χ4v) is 4.04. The van der Waals surface area contributed by atoms with Gasteiger partial charge in [0.2, 0.25) is 0 Å². The number of hydrogen-bond acceptors (Lipinski definition) is 8. The van der Waals surface area contributed by atoms with E-state index in [4.69, 9.17) is 25.8 Å². The summed E-state index contributed by atoms with van der Waals surface area (Å²) < 4.78 is 15.9. The lowest BCUT2D eigenvalue weighted by Gasteiger charge is -2.25. The topological polar surface area (TPSA) is 119 Å². The predicted octanol–water partition coefficient (Wildman–Crippen LogP) is 7.21. The molecule has 0 aliphatic heterocycles. The molecule has 0 saturated heterocycles. The number of ether oxygens (including phenoxy) is 3. The smallest absolute Gasteiger partial charge is 0.350 e. The zero-order valence-corrected chi connectivity index (χ0v) is 25.9. The zero-order chi connectivity index (χ0) is 32.4.